The number of amides is 2. The third-order valence-electron chi connectivity index (χ3n) is 5.16. The summed E-state index contributed by atoms with van der Waals surface area (Å²) in [4.78, 5) is 27.6. The van der Waals surface area contributed by atoms with Gasteiger partial charge < -0.3 is 14.5 Å². The third-order valence-corrected chi connectivity index (χ3v) is 6.34. The molecule has 0 N–H and O–H groups in total. The maximum Gasteiger partial charge on any atom is 0.409 e. The number of nitrogens with zero attached hydrogens (tertiary/aromatic N) is 3. The maximum absolute atomic E-state index is 12.5. The molecule has 2 rings (SSSR count). The Morgan fingerprint density at radius 1 is 1.10 bits per heavy atom. The van der Waals surface area contributed by atoms with Crippen LogP contribution in [0.4, 0.5) is 10.5 Å². The molecule has 1 aliphatic rings. The van der Waals surface area contributed by atoms with Crippen molar-refractivity contribution in [3.8, 4) is 0 Å². The number of carbonyl (C=O) groups excluding carboxylic acids is 2. The zero-order valence-electron chi connectivity index (χ0n) is 17.7. The topological polar surface area (TPSA) is 87.2 Å². The fraction of sp³-hybridized carbons (Fsp3) is 0.600. The summed E-state index contributed by atoms with van der Waals surface area (Å²) in [5.41, 5.74) is 2.59. The molecule has 9 heteroatoms. The Bertz CT molecular complexity index is 833. The first-order valence-corrected chi connectivity index (χ1v) is 11.7. The summed E-state index contributed by atoms with van der Waals surface area (Å²) < 4.78 is 31.0. The summed E-state index contributed by atoms with van der Waals surface area (Å²) in [6.45, 7) is 8.00. The van der Waals surface area contributed by atoms with Crippen molar-refractivity contribution in [1.82, 2.24) is 9.80 Å². The number of hydrogen-bond donors (Lipinski definition) is 0. The molecule has 0 aromatic heterocycles. The first-order chi connectivity index (χ1) is 13.6. The van der Waals surface area contributed by atoms with Gasteiger partial charge >= 0.3 is 6.09 Å². The molecule has 1 saturated heterocycles. The quantitative estimate of drug-likeness (QED) is 0.668. The van der Waals surface area contributed by atoms with Crippen LogP contribution in [0.3, 0.4) is 0 Å². The van der Waals surface area contributed by atoms with Gasteiger partial charge in [0.2, 0.25) is 15.9 Å². The van der Waals surface area contributed by atoms with Crippen LogP contribution >= 0.6 is 0 Å². The molecule has 0 saturated carbocycles. The molecule has 1 aliphatic heterocycles. The lowest BCUT2D eigenvalue weighted by molar-refractivity contribution is -0.132. The standard InChI is InChI=1S/C20H31N3O5S/c1-5-28-20(25)22-14-12-21(13-15-22)19(24)10-7-11-23(29(4,26)27)18-9-6-8-16(2)17(18)3/h6,8-9H,5,7,10-15H2,1-4H3. The minimum atomic E-state index is -3.45. The van der Waals surface area contributed by atoms with Crippen molar-refractivity contribution >= 4 is 27.7 Å². The molecule has 0 spiro atoms. The Morgan fingerprint density at radius 2 is 1.72 bits per heavy atom. The maximum atomic E-state index is 12.5. The normalized spacial score (nSPS) is 14.6. The van der Waals surface area contributed by atoms with Crippen LogP contribution in [0.25, 0.3) is 0 Å². The molecule has 0 radical (unpaired) electrons. The van der Waals surface area contributed by atoms with E-state index in [1.54, 1.807) is 22.8 Å². The van der Waals surface area contributed by atoms with Crippen LogP contribution in [0.15, 0.2) is 18.2 Å². The van der Waals surface area contributed by atoms with Gasteiger partial charge in [0.25, 0.3) is 0 Å². The van der Waals surface area contributed by atoms with Gasteiger partial charge in [0, 0.05) is 39.1 Å². The summed E-state index contributed by atoms with van der Waals surface area (Å²) in [5, 5.41) is 0. The second kappa shape index (κ2) is 9.96. The number of sulfonamides is 1. The van der Waals surface area contributed by atoms with Gasteiger partial charge in [-0.25, -0.2) is 13.2 Å². The fourth-order valence-electron chi connectivity index (χ4n) is 3.36. The van der Waals surface area contributed by atoms with E-state index in [2.05, 4.69) is 0 Å². The number of rotatable bonds is 7. The lowest BCUT2D eigenvalue weighted by Crippen LogP contribution is -2.50. The smallest absolute Gasteiger partial charge is 0.409 e. The van der Waals surface area contributed by atoms with Gasteiger partial charge in [0.05, 0.1) is 18.6 Å². The van der Waals surface area contributed by atoms with Crippen LogP contribution in [0.5, 0.6) is 0 Å². The zero-order chi connectivity index (χ0) is 21.6. The van der Waals surface area contributed by atoms with E-state index in [1.165, 1.54) is 10.6 Å². The minimum Gasteiger partial charge on any atom is -0.450 e. The van der Waals surface area contributed by atoms with Crippen LogP contribution in [0.1, 0.15) is 30.9 Å². The molecule has 2 amide bonds. The highest BCUT2D eigenvalue weighted by Crippen LogP contribution is 2.25. The molecule has 0 unspecified atom stereocenters. The van der Waals surface area contributed by atoms with Crippen LogP contribution in [-0.4, -0.2) is 75.8 Å². The van der Waals surface area contributed by atoms with Gasteiger partial charge in [-0.1, -0.05) is 12.1 Å². The molecular formula is C20H31N3O5S. The molecule has 1 aromatic rings. The predicted octanol–water partition coefficient (Wildman–Crippen LogP) is 2.15. The summed E-state index contributed by atoms with van der Waals surface area (Å²) >= 11 is 0. The Labute approximate surface area is 173 Å². The van der Waals surface area contributed by atoms with Crippen molar-refractivity contribution in [2.75, 3.05) is 49.9 Å². The molecule has 1 fully saturated rings. The summed E-state index contributed by atoms with van der Waals surface area (Å²) in [7, 11) is -3.45. The molecule has 0 atom stereocenters. The van der Waals surface area contributed by atoms with E-state index >= 15 is 0 Å². The van der Waals surface area contributed by atoms with Crippen LogP contribution in [-0.2, 0) is 19.6 Å². The molecule has 1 aromatic carbocycles. The highest BCUT2D eigenvalue weighted by atomic mass is 32.2. The van der Waals surface area contributed by atoms with E-state index in [1.807, 2.05) is 26.0 Å². The average Bonchev–Trinajstić information content (AvgIpc) is 2.67. The van der Waals surface area contributed by atoms with E-state index in [4.69, 9.17) is 4.74 Å². The van der Waals surface area contributed by atoms with Crippen molar-refractivity contribution < 1.29 is 22.7 Å². The number of piperazine rings is 1. The molecule has 0 aliphatic carbocycles. The van der Waals surface area contributed by atoms with Gasteiger partial charge in [-0.3, -0.25) is 9.10 Å². The summed E-state index contributed by atoms with van der Waals surface area (Å²) in [5.74, 6) is -0.0251. The minimum absolute atomic E-state index is 0.0251. The van der Waals surface area contributed by atoms with Crippen molar-refractivity contribution in [2.24, 2.45) is 0 Å². The molecule has 0 bridgehead atoms. The van der Waals surface area contributed by atoms with Crippen LogP contribution < -0.4 is 4.31 Å². The Morgan fingerprint density at radius 3 is 2.31 bits per heavy atom. The Hall–Kier alpha value is -2.29. The monoisotopic (exact) mass is 425 g/mol. The molecule has 8 nitrogen and oxygen atoms in total. The molecule has 29 heavy (non-hydrogen) atoms. The van der Waals surface area contributed by atoms with E-state index < -0.39 is 10.0 Å². The van der Waals surface area contributed by atoms with E-state index in [-0.39, 0.29) is 25.0 Å². The third kappa shape index (κ3) is 6.09. The van der Waals surface area contributed by atoms with Crippen LogP contribution in [0.2, 0.25) is 0 Å². The number of ether oxygens (including phenoxy) is 1. The highest BCUT2D eigenvalue weighted by Gasteiger charge is 2.25. The highest BCUT2D eigenvalue weighted by molar-refractivity contribution is 7.92. The molecular weight excluding hydrogens is 394 g/mol. The van der Waals surface area contributed by atoms with Crippen molar-refractivity contribution in [2.45, 2.75) is 33.6 Å². The number of hydrogen-bond acceptors (Lipinski definition) is 5. The van der Waals surface area contributed by atoms with Gasteiger partial charge in [0.1, 0.15) is 0 Å². The number of benzene rings is 1. The molecule has 1 heterocycles. The summed E-state index contributed by atoms with van der Waals surface area (Å²) in [6, 6.07) is 5.57. The second-order valence-electron chi connectivity index (χ2n) is 7.22. The predicted molar refractivity (Wildman–Crippen MR) is 113 cm³/mol. The van der Waals surface area contributed by atoms with E-state index in [0.717, 1.165) is 11.1 Å². The lowest BCUT2D eigenvalue weighted by atomic mass is 10.1. The van der Waals surface area contributed by atoms with Crippen LogP contribution in [0, 0.1) is 13.8 Å². The number of anilines is 1. The summed E-state index contributed by atoms with van der Waals surface area (Å²) in [6.07, 6.45) is 1.52. The fourth-order valence-corrected chi connectivity index (χ4v) is 4.37. The number of aryl methyl sites for hydroxylation is 1. The first kappa shape index (κ1) is 23.0. The van der Waals surface area contributed by atoms with E-state index in [9.17, 15) is 18.0 Å². The zero-order valence-corrected chi connectivity index (χ0v) is 18.5. The average molecular weight is 426 g/mol. The van der Waals surface area contributed by atoms with Gasteiger partial charge in [0.15, 0.2) is 0 Å². The van der Waals surface area contributed by atoms with Gasteiger partial charge in [-0.15, -0.1) is 0 Å². The largest absolute Gasteiger partial charge is 0.450 e. The van der Waals surface area contributed by atoms with Crippen molar-refractivity contribution in [3.05, 3.63) is 29.3 Å². The van der Waals surface area contributed by atoms with Gasteiger partial charge in [-0.2, -0.15) is 0 Å². The first-order valence-electron chi connectivity index (χ1n) is 9.88. The lowest BCUT2D eigenvalue weighted by Gasteiger charge is -2.34. The Balaban J connectivity index is 1.91. The van der Waals surface area contributed by atoms with Crippen molar-refractivity contribution in [3.63, 3.8) is 0 Å². The Kier molecular flexibility index (Phi) is 7.89. The number of carbonyl (C=O) groups is 2. The van der Waals surface area contributed by atoms with E-state index in [0.29, 0.717) is 44.9 Å². The van der Waals surface area contributed by atoms with Gasteiger partial charge in [-0.05, 0) is 44.4 Å². The molecule has 162 valence electrons. The SMILES string of the molecule is CCOC(=O)N1CCN(C(=O)CCCN(c2cccc(C)c2C)S(C)(=O)=O)CC1. The van der Waals surface area contributed by atoms with Crippen molar-refractivity contribution in [1.29, 1.82) is 0 Å². The second-order valence-corrected chi connectivity index (χ2v) is 9.13.